The van der Waals surface area contributed by atoms with E-state index < -0.39 is 22.2 Å². The molecule has 7 heteroatoms. The number of aliphatic hydroxyl groups is 1. The lowest BCUT2D eigenvalue weighted by molar-refractivity contribution is -0.135. The van der Waals surface area contributed by atoms with Gasteiger partial charge >= 0.3 is 0 Å². The van der Waals surface area contributed by atoms with Gasteiger partial charge in [0.2, 0.25) is 15.9 Å². The number of carbonyl (C=O) groups excluding carboxylic acids is 1. The number of β-amino-alcohol motifs (C(OH)–C–C–N with tert-alkyl or cyclic N) is 1. The molecule has 0 bridgehead atoms. The average Bonchev–Trinajstić information content (AvgIpc) is 3.20. The van der Waals surface area contributed by atoms with E-state index in [9.17, 15) is 18.3 Å². The van der Waals surface area contributed by atoms with Gasteiger partial charge in [0.25, 0.3) is 0 Å². The number of fused-ring (bicyclic) bond motifs is 2. The Bertz CT molecular complexity index is 1260. The largest absolute Gasteiger partial charge is 0.392 e. The molecular weight excluding hydrogens is 412 g/mol. The standard InChI is InChI=1S/C24H24N2O4S/c27-21-14-23(24(28)25-12-11-18-6-2-4-8-20(18)15-25)26(16-21)31(29,30)22-10-9-17-5-1-3-7-19(17)13-22/h1-10,13,21,23,27H,11-12,14-16H2/t21-,23-/m0/s1. The van der Waals surface area contributed by atoms with Crippen molar-refractivity contribution in [3.63, 3.8) is 0 Å². The van der Waals surface area contributed by atoms with Gasteiger partial charge in [-0.2, -0.15) is 4.31 Å². The molecule has 2 heterocycles. The Hall–Kier alpha value is -2.74. The Morgan fingerprint density at radius 3 is 2.45 bits per heavy atom. The van der Waals surface area contributed by atoms with E-state index >= 15 is 0 Å². The molecule has 1 saturated heterocycles. The topological polar surface area (TPSA) is 77.9 Å². The lowest BCUT2D eigenvalue weighted by Crippen LogP contribution is -2.49. The van der Waals surface area contributed by atoms with Gasteiger partial charge in [0.15, 0.2) is 0 Å². The zero-order chi connectivity index (χ0) is 21.6. The van der Waals surface area contributed by atoms with E-state index in [0.717, 1.165) is 22.8 Å². The van der Waals surface area contributed by atoms with E-state index in [1.165, 1.54) is 9.87 Å². The number of nitrogens with zero attached hydrogens (tertiary/aromatic N) is 2. The van der Waals surface area contributed by atoms with Crippen molar-refractivity contribution < 1.29 is 18.3 Å². The summed E-state index contributed by atoms with van der Waals surface area (Å²) < 4.78 is 28.1. The Balaban J connectivity index is 1.44. The minimum Gasteiger partial charge on any atom is -0.392 e. The quantitative estimate of drug-likeness (QED) is 0.685. The molecule has 0 radical (unpaired) electrons. The predicted octanol–water partition coefficient (Wildman–Crippen LogP) is 2.55. The molecule has 2 atom stereocenters. The Morgan fingerprint density at radius 1 is 0.935 bits per heavy atom. The van der Waals surface area contributed by atoms with Gasteiger partial charge < -0.3 is 10.0 Å². The van der Waals surface area contributed by atoms with E-state index in [1.807, 2.05) is 42.5 Å². The SMILES string of the molecule is O=C([C@@H]1C[C@H](O)CN1S(=O)(=O)c1ccc2ccccc2c1)N1CCc2ccccc2C1. The highest BCUT2D eigenvalue weighted by atomic mass is 32.2. The molecule has 0 unspecified atom stereocenters. The van der Waals surface area contributed by atoms with Crippen LogP contribution in [0.15, 0.2) is 71.6 Å². The van der Waals surface area contributed by atoms with Crippen molar-refractivity contribution in [2.75, 3.05) is 13.1 Å². The third-order valence-corrected chi connectivity index (χ3v) is 8.16. The highest BCUT2D eigenvalue weighted by Crippen LogP contribution is 2.30. The minimum absolute atomic E-state index is 0.0734. The molecule has 2 aliphatic heterocycles. The van der Waals surface area contributed by atoms with Crippen LogP contribution in [0.2, 0.25) is 0 Å². The van der Waals surface area contributed by atoms with Crippen LogP contribution in [0.3, 0.4) is 0 Å². The van der Waals surface area contributed by atoms with Crippen LogP contribution < -0.4 is 0 Å². The molecule has 5 rings (SSSR count). The van der Waals surface area contributed by atoms with Gasteiger partial charge in [0.05, 0.1) is 11.0 Å². The third kappa shape index (κ3) is 3.63. The van der Waals surface area contributed by atoms with Crippen LogP contribution in [0.4, 0.5) is 0 Å². The fourth-order valence-electron chi connectivity index (χ4n) is 4.63. The summed E-state index contributed by atoms with van der Waals surface area (Å²) in [5.74, 6) is -0.240. The first-order valence-electron chi connectivity index (χ1n) is 10.5. The van der Waals surface area contributed by atoms with E-state index in [0.29, 0.717) is 13.1 Å². The number of rotatable bonds is 3. The van der Waals surface area contributed by atoms with Gasteiger partial charge in [0.1, 0.15) is 6.04 Å². The number of hydrogen-bond donors (Lipinski definition) is 1. The molecular formula is C24H24N2O4S. The highest BCUT2D eigenvalue weighted by molar-refractivity contribution is 7.89. The minimum atomic E-state index is -3.93. The molecule has 0 aromatic heterocycles. The summed E-state index contributed by atoms with van der Waals surface area (Å²) in [4.78, 5) is 15.2. The summed E-state index contributed by atoms with van der Waals surface area (Å²) in [6.07, 6.45) is -0.000419. The van der Waals surface area contributed by atoms with Crippen molar-refractivity contribution in [3.8, 4) is 0 Å². The van der Waals surface area contributed by atoms with Crippen LogP contribution in [-0.2, 0) is 27.8 Å². The first-order valence-corrected chi connectivity index (χ1v) is 11.9. The molecule has 3 aromatic rings. The van der Waals surface area contributed by atoms with Gasteiger partial charge in [-0.1, -0.05) is 54.6 Å². The van der Waals surface area contributed by atoms with Crippen LogP contribution in [-0.4, -0.2) is 53.9 Å². The van der Waals surface area contributed by atoms with Gasteiger partial charge in [-0.15, -0.1) is 0 Å². The Morgan fingerprint density at radius 2 is 1.65 bits per heavy atom. The second kappa shape index (κ2) is 7.75. The summed E-state index contributed by atoms with van der Waals surface area (Å²) in [5, 5.41) is 12.0. The number of hydrogen-bond acceptors (Lipinski definition) is 4. The molecule has 0 spiro atoms. The summed E-state index contributed by atoms with van der Waals surface area (Å²) in [7, 11) is -3.93. The normalized spacial score (nSPS) is 21.9. The van der Waals surface area contributed by atoms with Gasteiger partial charge in [0, 0.05) is 26.1 Å². The first-order chi connectivity index (χ1) is 14.9. The van der Waals surface area contributed by atoms with Gasteiger partial charge in [-0.25, -0.2) is 8.42 Å². The van der Waals surface area contributed by atoms with Crippen LogP contribution >= 0.6 is 0 Å². The molecule has 0 aliphatic carbocycles. The van der Waals surface area contributed by atoms with Crippen molar-refractivity contribution in [3.05, 3.63) is 77.9 Å². The predicted molar refractivity (Wildman–Crippen MR) is 118 cm³/mol. The number of aliphatic hydroxyl groups excluding tert-OH is 1. The molecule has 6 nitrogen and oxygen atoms in total. The molecule has 1 fully saturated rings. The summed E-state index contributed by atoms with van der Waals surface area (Å²) in [6.45, 7) is 0.938. The zero-order valence-corrected chi connectivity index (χ0v) is 17.8. The van der Waals surface area contributed by atoms with Crippen molar-refractivity contribution in [1.29, 1.82) is 0 Å². The van der Waals surface area contributed by atoms with Crippen LogP contribution in [0.25, 0.3) is 10.8 Å². The molecule has 160 valence electrons. The molecule has 2 aliphatic rings. The molecule has 3 aromatic carbocycles. The van der Waals surface area contributed by atoms with Crippen molar-refractivity contribution >= 4 is 26.7 Å². The van der Waals surface area contributed by atoms with E-state index in [1.54, 1.807) is 23.1 Å². The Kier molecular flexibility index (Phi) is 5.04. The Labute approximate surface area is 181 Å². The molecule has 1 amide bonds. The number of sulfonamides is 1. The van der Waals surface area contributed by atoms with Crippen LogP contribution in [0, 0.1) is 0 Å². The number of benzene rings is 3. The highest BCUT2D eigenvalue weighted by Gasteiger charge is 2.45. The summed E-state index contributed by atoms with van der Waals surface area (Å²) >= 11 is 0. The van der Waals surface area contributed by atoms with Crippen molar-refractivity contribution in [2.24, 2.45) is 0 Å². The maximum absolute atomic E-state index is 13.5. The third-order valence-electron chi connectivity index (χ3n) is 6.29. The zero-order valence-electron chi connectivity index (χ0n) is 17.0. The second-order valence-corrected chi connectivity index (χ2v) is 10.2. The summed E-state index contributed by atoms with van der Waals surface area (Å²) in [5.41, 5.74) is 2.31. The fraction of sp³-hybridized carbons (Fsp3) is 0.292. The number of carbonyl (C=O) groups is 1. The first kappa shape index (κ1) is 20.2. The van der Waals surface area contributed by atoms with E-state index in [2.05, 4.69) is 6.07 Å². The maximum atomic E-state index is 13.5. The van der Waals surface area contributed by atoms with E-state index in [-0.39, 0.29) is 23.8 Å². The molecule has 31 heavy (non-hydrogen) atoms. The van der Waals surface area contributed by atoms with Crippen LogP contribution in [0.5, 0.6) is 0 Å². The fourth-order valence-corrected chi connectivity index (χ4v) is 6.30. The van der Waals surface area contributed by atoms with Gasteiger partial charge in [-0.05, 0) is 40.5 Å². The second-order valence-electron chi connectivity index (χ2n) is 8.27. The molecule has 0 saturated carbocycles. The lowest BCUT2D eigenvalue weighted by atomic mass is 9.99. The summed E-state index contributed by atoms with van der Waals surface area (Å²) in [6, 6.07) is 19.6. The lowest BCUT2D eigenvalue weighted by Gasteiger charge is -2.33. The number of amides is 1. The van der Waals surface area contributed by atoms with E-state index in [4.69, 9.17) is 0 Å². The smallest absolute Gasteiger partial charge is 0.243 e. The van der Waals surface area contributed by atoms with Crippen molar-refractivity contribution in [1.82, 2.24) is 9.21 Å². The monoisotopic (exact) mass is 436 g/mol. The van der Waals surface area contributed by atoms with Crippen molar-refractivity contribution in [2.45, 2.75) is 36.4 Å². The average molecular weight is 437 g/mol. The van der Waals surface area contributed by atoms with Gasteiger partial charge in [-0.3, -0.25) is 4.79 Å². The van der Waals surface area contributed by atoms with Crippen LogP contribution in [0.1, 0.15) is 17.5 Å². The maximum Gasteiger partial charge on any atom is 0.243 e. The molecule has 1 N–H and O–H groups in total.